The van der Waals surface area contributed by atoms with Crippen LogP contribution in [0.4, 0.5) is 24.8 Å². The third-order valence-corrected chi connectivity index (χ3v) is 3.52. The Balaban J connectivity index is 2.41. The van der Waals surface area contributed by atoms with E-state index in [0.717, 1.165) is 18.6 Å². The van der Waals surface area contributed by atoms with Gasteiger partial charge < -0.3 is 15.1 Å². The quantitative estimate of drug-likeness (QED) is 0.663. The summed E-state index contributed by atoms with van der Waals surface area (Å²) in [6.45, 7) is 4.82. The maximum atomic E-state index is 13.0. The van der Waals surface area contributed by atoms with Crippen molar-refractivity contribution >= 4 is 11.6 Å². The molecule has 1 aromatic heterocycles. The molecule has 5 nitrogen and oxygen atoms in total. The van der Waals surface area contributed by atoms with Gasteiger partial charge in [-0.25, -0.2) is 10.8 Å². The Kier molecular flexibility index (Phi) is 4.58. The predicted octanol–water partition coefficient (Wildman–Crippen LogP) is 2.39. The van der Waals surface area contributed by atoms with Crippen LogP contribution in [0.25, 0.3) is 0 Å². The van der Waals surface area contributed by atoms with Gasteiger partial charge in [0.1, 0.15) is 11.6 Å². The molecular formula is C13H19F3N4O. The molecule has 0 bridgehead atoms. The van der Waals surface area contributed by atoms with E-state index in [0.29, 0.717) is 13.2 Å². The number of nitrogens with two attached hydrogens (primary N) is 1. The van der Waals surface area contributed by atoms with Crippen LogP contribution in [0, 0.1) is 0 Å². The molecule has 3 N–H and O–H groups in total. The number of anilines is 2. The molecule has 2 heterocycles. The minimum Gasteiger partial charge on any atom is -0.375 e. The predicted molar refractivity (Wildman–Crippen MR) is 73.9 cm³/mol. The normalized spacial score (nSPS) is 23.2. The van der Waals surface area contributed by atoms with Crippen molar-refractivity contribution in [3.05, 3.63) is 17.7 Å². The molecule has 0 radical (unpaired) electrons. The van der Waals surface area contributed by atoms with Crippen molar-refractivity contribution in [1.82, 2.24) is 4.98 Å². The molecule has 1 aliphatic rings. The summed E-state index contributed by atoms with van der Waals surface area (Å²) in [6.07, 6.45) is -3.74. The number of pyridine rings is 1. The Morgan fingerprint density at radius 2 is 2.19 bits per heavy atom. The van der Waals surface area contributed by atoms with Gasteiger partial charge >= 0.3 is 6.18 Å². The fourth-order valence-electron chi connectivity index (χ4n) is 2.36. The molecule has 1 fully saturated rings. The van der Waals surface area contributed by atoms with E-state index in [2.05, 4.69) is 10.4 Å². The monoisotopic (exact) mass is 304 g/mol. The van der Waals surface area contributed by atoms with E-state index in [1.165, 1.54) is 0 Å². The highest BCUT2D eigenvalue weighted by atomic mass is 19.4. The number of nitrogens with one attached hydrogen (secondary N) is 1. The van der Waals surface area contributed by atoms with E-state index < -0.39 is 11.7 Å². The van der Waals surface area contributed by atoms with E-state index >= 15 is 0 Å². The number of nitrogen functional groups attached to an aromatic ring is 1. The van der Waals surface area contributed by atoms with Gasteiger partial charge in [-0.2, -0.15) is 13.2 Å². The lowest BCUT2D eigenvalue weighted by atomic mass is 10.1. The average molecular weight is 304 g/mol. The molecule has 1 saturated heterocycles. The highest BCUT2D eigenvalue weighted by Crippen LogP contribution is 2.34. The number of ether oxygens (including phenoxy) is 1. The Hall–Kier alpha value is -1.54. The summed E-state index contributed by atoms with van der Waals surface area (Å²) in [7, 11) is 0. The number of aromatic nitrogens is 1. The average Bonchev–Trinajstić information content (AvgIpc) is 2.45. The maximum absolute atomic E-state index is 13.0. The summed E-state index contributed by atoms with van der Waals surface area (Å²) in [4.78, 5) is 6.01. The molecule has 1 aliphatic heterocycles. The summed E-state index contributed by atoms with van der Waals surface area (Å²) in [5.41, 5.74) is 1.42. The minimum atomic E-state index is -4.44. The second-order valence-electron chi connectivity index (χ2n) is 5.10. The molecule has 8 heteroatoms. The van der Waals surface area contributed by atoms with Crippen molar-refractivity contribution in [2.75, 3.05) is 23.5 Å². The van der Waals surface area contributed by atoms with Crippen LogP contribution in [-0.2, 0) is 10.9 Å². The van der Waals surface area contributed by atoms with Gasteiger partial charge in [0.2, 0.25) is 0 Å². The Bertz CT molecular complexity index is 495. The molecule has 2 rings (SSSR count). The lowest BCUT2D eigenvalue weighted by Gasteiger charge is -2.39. The molecule has 1 aromatic rings. The van der Waals surface area contributed by atoms with Crippen LogP contribution in [0.2, 0.25) is 0 Å². The van der Waals surface area contributed by atoms with Crippen LogP contribution < -0.4 is 16.2 Å². The number of alkyl halides is 3. The summed E-state index contributed by atoms with van der Waals surface area (Å²) >= 11 is 0. The van der Waals surface area contributed by atoms with Gasteiger partial charge in [-0.1, -0.05) is 6.92 Å². The first-order valence-corrected chi connectivity index (χ1v) is 6.79. The molecule has 0 aliphatic carbocycles. The molecule has 0 amide bonds. The Morgan fingerprint density at radius 3 is 2.76 bits per heavy atom. The molecule has 0 saturated carbocycles. The zero-order valence-electron chi connectivity index (χ0n) is 11.9. The smallest absolute Gasteiger partial charge is 0.375 e. The van der Waals surface area contributed by atoms with Gasteiger partial charge in [0.05, 0.1) is 24.3 Å². The van der Waals surface area contributed by atoms with Crippen molar-refractivity contribution in [1.29, 1.82) is 0 Å². The van der Waals surface area contributed by atoms with Gasteiger partial charge in [0.25, 0.3) is 0 Å². The fourth-order valence-corrected chi connectivity index (χ4v) is 2.36. The van der Waals surface area contributed by atoms with Crippen LogP contribution in [0.5, 0.6) is 0 Å². The molecule has 2 unspecified atom stereocenters. The van der Waals surface area contributed by atoms with Crippen molar-refractivity contribution < 1.29 is 17.9 Å². The zero-order chi connectivity index (χ0) is 15.6. The van der Waals surface area contributed by atoms with Gasteiger partial charge in [0.15, 0.2) is 0 Å². The lowest BCUT2D eigenvalue weighted by molar-refractivity contribution is -0.137. The number of hydrogen-bond acceptors (Lipinski definition) is 5. The van der Waals surface area contributed by atoms with Crippen LogP contribution in [-0.4, -0.2) is 30.3 Å². The highest BCUT2D eigenvalue weighted by molar-refractivity contribution is 5.51. The number of rotatable bonds is 3. The van der Waals surface area contributed by atoms with Crippen LogP contribution in [0.1, 0.15) is 25.8 Å². The molecular weight excluding hydrogens is 285 g/mol. The van der Waals surface area contributed by atoms with Crippen LogP contribution in [0.3, 0.4) is 0 Å². The largest absolute Gasteiger partial charge is 0.416 e. The fraction of sp³-hybridized carbons (Fsp3) is 0.615. The summed E-state index contributed by atoms with van der Waals surface area (Å²) in [5, 5.41) is 0. The minimum absolute atomic E-state index is 0.00260. The number of nitrogens with zero attached hydrogens (tertiary/aromatic N) is 2. The van der Waals surface area contributed by atoms with Crippen molar-refractivity contribution in [3.8, 4) is 0 Å². The third-order valence-electron chi connectivity index (χ3n) is 3.52. The second kappa shape index (κ2) is 6.07. The van der Waals surface area contributed by atoms with Crippen molar-refractivity contribution in [2.24, 2.45) is 5.84 Å². The van der Waals surface area contributed by atoms with Crippen LogP contribution >= 0.6 is 0 Å². The summed E-state index contributed by atoms with van der Waals surface area (Å²) < 4.78 is 44.5. The van der Waals surface area contributed by atoms with Gasteiger partial charge in [-0.05, 0) is 25.5 Å². The molecule has 2 atom stereocenters. The zero-order valence-corrected chi connectivity index (χ0v) is 11.9. The second-order valence-corrected chi connectivity index (χ2v) is 5.10. The number of morpholine rings is 1. The highest BCUT2D eigenvalue weighted by Gasteiger charge is 2.34. The first-order chi connectivity index (χ1) is 9.85. The van der Waals surface area contributed by atoms with E-state index in [4.69, 9.17) is 10.6 Å². The van der Waals surface area contributed by atoms with Crippen LogP contribution in [0.15, 0.2) is 12.1 Å². The summed E-state index contributed by atoms with van der Waals surface area (Å²) in [5.74, 6) is 5.49. The van der Waals surface area contributed by atoms with Gasteiger partial charge in [-0.3, -0.25) is 0 Å². The van der Waals surface area contributed by atoms with E-state index in [9.17, 15) is 13.2 Å². The van der Waals surface area contributed by atoms with E-state index in [-0.39, 0.29) is 23.8 Å². The molecule has 0 spiro atoms. The Labute approximate surface area is 121 Å². The van der Waals surface area contributed by atoms with Crippen molar-refractivity contribution in [2.45, 2.75) is 38.6 Å². The molecule has 118 valence electrons. The standard InChI is InChI=1S/C13H19F3N4O/c1-3-10-7-21-8(2)6-20(10)12-5-9(13(14,15)16)4-11(18-12)19-17/h4-5,8,10H,3,6-7,17H2,1-2H3,(H,18,19). The number of halogens is 3. The SMILES string of the molecule is CCC1COC(C)CN1c1cc(C(F)(F)F)cc(NN)n1. The van der Waals surface area contributed by atoms with Gasteiger partial charge in [0, 0.05) is 6.54 Å². The number of hydrazine groups is 1. The first kappa shape index (κ1) is 15.8. The van der Waals surface area contributed by atoms with Crippen molar-refractivity contribution in [3.63, 3.8) is 0 Å². The van der Waals surface area contributed by atoms with E-state index in [1.54, 1.807) is 0 Å². The first-order valence-electron chi connectivity index (χ1n) is 6.79. The number of hydrogen-bond donors (Lipinski definition) is 2. The maximum Gasteiger partial charge on any atom is 0.416 e. The Morgan fingerprint density at radius 1 is 1.48 bits per heavy atom. The topological polar surface area (TPSA) is 63.4 Å². The summed E-state index contributed by atoms with van der Waals surface area (Å²) in [6, 6.07) is 1.96. The molecule has 0 aromatic carbocycles. The van der Waals surface area contributed by atoms with Gasteiger partial charge in [-0.15, -0.1) is 0 Å². The van der Waals surface area contributed by atoms with E-state index in [1.807, 2.05) is 18.7 Å². The molecule has 21 heavy (non-hydrogen) atoms. The third kappa shape index (κ3) is 3.56. The lowest BCUT2D eigenvalue weighted by Crippen LogP contribution is -2.49.